The van der Waals surface area contributed by atoms with E-state index in [-0.39, 0.29) is 5.92 Å². The monoisotopic (exact) mass is 592 g/mol. The molecule has 2 atom stereocenters. The minimum Gasteiger partial charge on any atom is -0.496 e. The fourth-order valence-corrected chi connectivity index (χ4v) is 6.73. The van der Waals surface area contributed by atoms with Crippen molar-refractivity contribution in [3.05, 3.63) is 64.7 Å². The Kier molecular flexibility index (Phi) is 10.7. The topological polar surface area (TPSA) is 75.0 Å². The molecule has 1 aliphatic rings. The molecule has 0 spiro atoms. The summed E-state index contributed by atoms with van der Waals surface area (Å²) >= 11 is 0. The lowest BCUT2D eigenvalue weighted by Crippen LogP contribution is -2.53. The maximum absolute atomic E-state index is 11.0. The first kappa shape index (κ1) is 34.4. The van der Waals surface area contributed by atoms with Gasteiger partial charge in [-0.15, -0.1) is 0 Å². The van der Waals surface area contributed by atoms with E-state index in [1.807, 2.05) is 18.2 Å². The molecule has 236 valence electrons. The van der Waals surface area contributed by atoms with E-state index in [2.05, 4.69) is 85.9 Å². The zero-order valence-corrected chi connectivity index (χ0v) is 28.4. The highest BCUT2D eigenvalue weighted by molar-refractivity contribution is 5.47. The van der Waals surface area contributed by atoms with Gasteiger partial charge in [-0.1, -0.05) is 38.1 Å². The summed E-state index contributed by atoms with van der Waals surface area (Å²) in [6, 6.07) is 15.0. The largest absolute Gasteiger partial charge is 0.496 e. The smallest absolute Gasteiger partial charge is 0.161 e. The number of methoxy groups -OCH3 is 3. The molecule has 0 aliphatic carbocycles. The van der Waals surface area contributed by atoms with Crippen molar-refractivity contribution in [1.82, 2.24) is 5.06 Å². The summed E-state index contributed by atoms with van der Waals surface area (Å²) < 4.78 is 17.5. The number of aryl methyl sites for hydroxylation is 1. The molecular weight excluding hydrogens is 538 g/mol. The predicted molar refractivity (Wildman–Crippen MR) is 173 cm³/mol. The molecule has 2 unspecified atom stereocenters. The highest BCUT2D eigenvalue weighted by atomic mass is 16.5. The molecule has 0 amide bonds. The van der Waals surface area contributed by atoms with Gasteiger partial charge in [-0.05, 0) is 88.3 Å². The molecule has 0 saturated heterocycles. The standard InChI is InChI=1S/C36H54N3O4/c1-26(2)36(25-37,29-15-16-31(41-9)33(22-29)43-11)18-12-19-39(8,20-17-28-14-13-27(3)32(21-28)42-10)24-30-23-34(4,5)38(40)35(30,6)7/h13-16,21-23,26,40H,12,17-20,24H2,1-11H3/q+1. The molecule has 2 aromatic carbocycles. The molecule has 7 heteroatoms. The van der Waals surface area contributed by atoms with Gasteiger partial charge in [0, 0.05) is 12.0 Å². The first-order valence-electron chi connectivity index (χ1n) is 15.4. The average molecular weight is 593 g/mol. The van der Waals surface area contributed by atoms with Crippen LogP contribution in [-0.2, 0) is 11.8 Å². The number of hydrogen-bond donors (Lipinski definition) is 1. The van der Waals surface area contributed by atoms with Crippen molar-refractivity contribution in [2.24, 2.45) is 5.92 Å². The van der Waals surface area contributed by atoms with Crippen molar-refractivity contribution in [2.75, 3.05) is 48.0 Å². The number of nitrogens with zero attached hydrogens (tertiary/aromatic N) is 3. The van der Waals surface area contributed by atoms with Crippen molar-refractivity contribution in [3.63, 3.8) is 0 Å². The van der Waals surface area contributed by atoms with Gasteiger partial charge in [0.2, 0.25) is 0 Å². The van der Waals surface area contributed by atoms with E-state index >= 15 is 0 Å². The number of hydrogen-bond acceptors (Lipinski definition) is 6. The number of benzene rings is 2. The molecule has 7 nitrogen and oxygen atoms in total. The molecule has 1 heterocycles. The van der Waals surface area contributed by atoms with Crippen LogP contribution in [0.1, 0.15) is 71.1 Å². The SMILES string of the molecule is COc1cc(CC[N+](C)(CCCC(C#N)(c2ccc(OC)c(OC)c2)C(C)C)CC2=CC(C)(C)N(O)C2(C)C)ccc1C. The molecule has 2 aromatic rings. The van der Waals surface area contributed by atoms with Crippen molar-refractivity contribution in [1.29, 1.82) is 5.26 Å². The maximum atomic E-state index is 11.0. The third kappa shape index (κ3) is 7.20. The van der Waals surface area contributed by atoms with Gasteiger partial charge < -0.3 is 23.9 Å². The van der Waals surface area contributed by atoms with E-state index in [4.69, 9.17) is 14.2 Å². The summed E-state index contributed by atoms with van der Waals surface area (Å²) in [5.41, 5.74) is 3.00. The maximum Gasteiger partial charge on any atom is 0.161 e. The van der Waals surface area contributed by atoms with E-state index in [0.717, 1.165) is 60.3 Å². The Hall–Kier alpha value is -3.05. The second kappa shape index (κ2) is 13.3. The third-order valence-electron chi connectivity index (χ3n) is 9.71. The van der Waals surface area contributed by atoms with E-state index < -0.39 is 16.5 Å². The number of quaternary nitrogens is 1. The van der Waals surface area contributed by atoms with Gasteiger partial charge in [0.15, 0.2) is 11.5 Å². The van der Waals surface area contributed by atoms with Crippen LogP contribution in [0.15, 0.2) is 48.0 Å². The van der Waals surface area contributed by atoms with Crippen LogP contribution < -0.4 is 14.2 Å². The second-order valence-corrected chi connectivity index (χ2v) is 13.9. The van der Waals surface area contributed by atoms with Crippen LogP contribution in [-0.4, -0.2) is 73.8 Å². The Balaban J connectivity index is 1.92. The number of ether oxygens (including phenoxy) is 3. The van der Waals surface area contributed by atoms with Crippen LogP contribution in [0.4, 0.5) is 0 Å². The molecule has 1 N–H and O–H groups in total. The average Bonchev–Trinajstić information content (AvgIpc) is 3.12. The second-order valence-electron chi connectivity index (χ2n) is 13.9. The minimum absolute atomic E-state index is 0.106. The van der Waals surface area contributed by atoms with Gasteiger partial charge in [0.1, 0.15) is 12.3 Å². The fraction of sp³-hybridized carbons (Fsp3) is 0.583. The minimum atomic E-state index is -0.662. The Labute approximate surface area is 260 Å². The lowest BCUT2D eigenvalue weighted by Gasteiger charge is -2.41. The quantitative estimate of drug-likeness (QED) is 0.186. The Morgan fingerprint density at radius 1 is 0.953 bits per heavy atom. The predicted octanol–water partition coefficient (Wildman–Crippen LogP) is 7.10. The van der Waals surface area contributed by atoms with Crippen molar-refractivity contribution < 1.29 is 23.9 Å². The Bertz CT molecular complexity index is 1340. The molecular formula is C36H54N3O4+. The van der Waals surface area contributed by atoms with E-state index in [1.165, 1.54) is 16.2 Å². The summed E-state index contributed by atoms with van der Waals surface area (Å²) in [4.78, 5) is 0. The molecule has 0 aromatic heterocycles. The lowest BCUT2D eigenvalue weighted by molar-refractivity contribution is -0.905. The van der Waals surface area contributed by atoms with Crippen molar-refractivity contribution in [2.45, 2.75) is 84.2 Å². The molecule has 43 heavy (non-hydrogen) atoms. The molecule has 0 saturated carbocycles. The van der Waals surface area contributed by atoms with Crippen LogP contribution in [0, 0.1) is 24.2 Å². The fourth-order valence-electron chi connectivity index (χ4n) is 6.73. The summed E-state index contributed by atoms with van der Waals surface area (Å²) in [6.45, 7) is 17.2. The lowest BCUT2D eigenvalue weighted by atomic mass is 9.69. The molecule has 0 radical (unpaired) electrons. The van der Waals surface area contributed by atoms with Crippen LogP contribution >= 0.6 is 0 Å². The van der Waals surface area contributed by atoms with Gasteiger partial charge in [0.05, 0.1) is 64.0 Å². The summed E-state index contributed by atoms with van der Waals surface area (Å²) in [7, 11) is 7.29. The molecule has 3 rings (SSSR count). The van der Waals surface area contributed by atoms with Crippen molar-refractivity contribution in [3.8, 4) is 23.3 Å². The van der Waals surface area contributed by atoms with Gasteiger partial charge in [-0.3, -0.25) is 0 Å². The zero-order chi connectivity index (χ0) is 32.2. The number of hydroxylamine groups is 2. The van der Waals surface area contributed by atoms with Crippen molar-refractivity contribution >= 4 is 0 Å². The molecule has 0 fully saturated rings. The Morgan fingerprint density at radius 2 is 1.60 bits per heavy atom. The summed E-state index contributed by atoms with van der Waals surface area (Å²) in [5.74, 6) is 2.32. The Morgan fingerprint density at radius 3 is 2.14 bits per heavy atom. The highest BCUT2D eigenvalue weighted by Crippen LogP contribution is 2.42. The van der Waals surface area contributed by atoms with Gasteiger partial charge >= 0.3 is 0 Å². The summed E-state index contributed by atoms with van der Waals surface area (Å²) in [6.07, 6.45) is 4.72. The highest BCUT2D eigenvalue weighted by Gasteiger charge is 2.47. The normalized spacial score (nSPS) is 18.8. The number of likely N-dealkylation sites (N-methyl/N-ethyl adjacent to an activating group) is 1. The van der Waals surface area contributed by atoms with E-state index in [1.54, 1.807) is 21.3 Å². The van der Waals surface area contributed by atoms with Gasteiger partial charge in [-0.2, -0.15) is 10.3 Å². The first-order valence-corrected chi connectivity index (χ1v) is 15.4. The molecule has 0 bridgehead atoms. The first-order chi connectivity index (χ1) is 20.1. The van der Waals surface area contributed by atoms with Crippen LogP contribution in [0.2, 0.25) is 0 Å². The van der Waals surface area contributed by atoms with Crippen LogP contribution in [0.3, 0.4) is 0 Å². The zero-order valence-electron chi connectivity index (χ0n) is 28.4. The van der Waals surface area contributed by atoms with Crippen LogP contribution in [0.5, 0.6) is 17.2 Å². The van der Waals surface area contributed by atoms with Crippen LogP contribution in [0.25, 0.3) is 0 Å². The third-order valence-corrected chi connectivity index (χ3v) is 9.71. The van der Waals surface area contributed by atoms with E-state index in [9.17, 15) is 10.5 Å². The number of rotatable bonds is 14. The molecule has 1 aliphatic heterocycles. The van der Waals surface area contributed by atoms with Gasteiger partial charge in [0.25, 0.3) is 0 Å². The van der Waals surface area contributed by atoms with Gasteiger partial charge in [-0.25, -0.2) is 0 Å². The summed E-state index contributed by atoms with van der Waals surface area (Å²) in [5, 5.41) is 23.2. The van der Waals surface area contributed by atoms with E-state index in [0.29, 0.717) is 11.5 Å². The number of nitriles is 1.